The molecule has 0 fully saturated rings. The van der Waals surface area contributed by atoms with Gasteiger partial charge in [-0.25, -0.2) is 0 Å². The number of anilines is 1. The number of nitrogens with zero attached hydrogens (tertiary/aromatic N) is 2. The average Bonchev–Trinajstić information content (AvgIpc) is 3.27. The van der Waals surface area contributed by atoms with Crippen molar-refractivity contribution >= 4 is 22.9 Å². The number of alkyl halides is 3. The number of fused-ring (bicyclic) bond motifs is 1. The largest absolute Gasteiger partial charge is 0.451 e. The van der Waals surface area contributed by atoms with Gasteiger partial charge in [-0.3, -0.25) is 10.1 Å². The van der Waals surface area contributed by atoms with Gasteiger partial charge in [-0.2, -0.15) is 13.2 Å². The number of furan rings is 1. The smallest absolute Gasteiger partial charge is 0.416 e. The fourth-order valence-corrected chi connectivity index (χ4v) is 2.47. The van der Waals surface area contributed by atoms with E-state index in [4.69, 9.17) is 8.83 Å². The van der Waals surface area contributed by atoms with E-state index in [1.807, 2.05) is 18.2 Å². The molecule has 4 rings (SSSR count). The Morgan fingerprint density at radius 1 is 0.963 bits per heavy atom. The fourth-order valence-electron chi connectivity index (χ4n) is 2.47. The number of carbonyl (C=O) groups is 1. The summed E-state index contributed by atoms with van der Waals surface area (Å²) in [4.78, 5) is 12.2. The van der Waals surface area contributed by atoms with Crippen molar-refractivity contribution in [1.29, 1.82) is 0 Å². The van der Waals surface area contributed by atoms with Crippen LogP contribution in [0.4, 0.5) is 19.2 Å². The first-order valence-corrected chi connectivity index (χ1v) is 7.71. The van der Waals surface area contributed by atoms with E-state index in [0.717, 1.165) is 23.6 Å². The summed E-state index contributed by atoms with van der Waals surface area (Å²) in [6.45, 7) is 0. The van der Waals surface area contributed by atoms with Crippen LogP contribution in [0.25, 0.3) is 22.6 Å². The average molecular weight is 373 g/mol. The van der Waals surface area contributed by atoms with E-state index in [2.05, 4.69) is 15.5 Å². The monoisotopic (exact) mass is 373 g/mol. The van der Waals surface area contributed by atoms with Crippen molar-refractivity contribution in [2.24, 2.45) is 0 Å². The molecule has 2 heterocycles. The lowest BCUT2D eigenvalue weighted by Gasteiger charge is -2.07. The molecule has 0 atom stereocenters. The highest BCUT2D eigenvalue weighted by molar-refractivity contribution is 6.03. The molecule has 0 unspecified atom stereocenters. The van der Waals surface area contributed by atoms with Gasteiger partial charge in [0, 0.05) is 10.9 Å². The highest BCUT2D eigenvalue weighted by Crippen LogP contribution is 2.30. The van der Waals surface area contributed by atoms with Crippen LogP contribution >= 0.6 is 0 Å². The van der Waals surface area contributed by atoms with E-state index in [-0.39, 0.29) is 17.5 Å². The predicted octanol–water partition coefficient (Wildman–Crippen LogP) is 4.75. The third-order valence-corrected chi connectivity index (χ3v) is 3.73. The van der Waals surface area contributed by atoms with E-state index in [0.29, 0.717) is 11.3 Å². The maximum Gasteiger partial charge on any atom is 0.416 e. The number of hydrogen-bond acceptors (Lipinski definition) is 5. The molecule has 27 heavy (non-hydrogen) atoms. The molecule has 0 bridgehead atoms. The SMILES string of the molecule is O=C(Nc1nnc(-c2cc3ccccc3o2)o1)c1cccc(C(F)(F)F)c1. The fraction of sp³-hybridized carbons (Fsp3) is 0.0556. The van der Waals surface area contributed by atoms with Crippen molar-refractivity contribution in [2.75, 3.05) is 5.32 Å². The third kappa shape index (κ3) is 3.39. The van der Waals surface area contributed by atoms with Gasteiger partial charge in [0.25, 0.3) is 11.8 Å². The summed E-state index contributed by atoms with van der Waals surface area (Å²) >= 11 is 0. The second-order valence-electron chi connectivity index (χ2n) is 5.59. The molecule has 0 spiro atoms. The molecule has 0 saturated heterocycles. The van der Waals surface area contributed by atoms with Gasteiger partial charge in [0.15, 0.2) is 5.76 Å². The summed E-state index contributed by atoms with van der Waals surface area (Å²) < 4.78 is 49.2. The summed E-state index contributed by atoms with van der Waals surface area (Å²) in [7, 11) is 0. The van der Waals surface area contributed by atoms with Crippen molar-refractivity contribution in [3.8, 4) is 11.7 Å². The lowest BCUT2D eigenvalue weighted by atomic mass is 10.1. The van der Waals surface area contributed by atoms with E-state index in [1.54, 1.807) is 12.1 Å². The molecule has 136 valence electrons. The van der Waals surface area contributed by atoms with E-state index in [9.17, 15) is 18.0 Å². The van der Waals surface area contributed by atoms with Crippen molar-refractivity contribution in [3.63, 3.8) is 0 Å². The van der Waals surface area contributed by atoms with E-state index < -0.39 is 17.6 Å². The van der Waals surface area contributed by atoms with Crippen molar-refractivity contribution in [2.45, 2.75) is 6.18 Å². The number of carbonyl (C=O) groups excluding carboxylic acids is 1. The number of para-hydroxylation sites is 1. The zero-order chi connectivity index (χ0) is 19.0. The van der Waals surface area contributed by atoms with Gasteiger partial charge in [-0.15, -0.1) is 5.10 Å². The Bertz CT molecular complexity index is 1100. The zero-order valence-corrected chi connectivity index (χ0v) is 13.4. The maximum absolute atomic E-state index is 12.8. The van der Waals surface area contributed by atoms with Gasteiger partial charge in [-0.1, -0.05) is 29.4 Å². The molecule has 9 heteroatoms. The Labute approximate surface area is 149 Å². The van der Waals surface area contributed by atoms with Crippen LogP contribution in [0, 0.1) is 0 Å². The van der Waals surface area contributed by atoms with Gasteiger partial charge in [0.05, 0.1) is 5.56 Å². The molecule has 0 radical (unpaired) electrons. The Morgan fingerprint density at radius 2 is 1.78 bits per heavy atom. The van der Waals surface area contributed by atoms with Crippen LogP contribution in [0.1, 0.15) is 15.9 Å². The highest BCUT2D eigenvalue weighted by Gasteiger charge is 2.31. The van der Waals surface area contributed by atoms with Gasteiger partial charge in [0.1, 0.15) is 5.58 Å². The standard InChI is InChI=1S/C18H10F3N3O3/c19-18(20,21)12-6-3-5-11(8-12)15(25)22-17-24-23-16(27-17)14-9-10-4-1-2-7-13(10)26-14/h1-9H,(H,22,24,25). The second kappa shape index (κ2) is 6.27. The van der Waals surface area contributed by atoms with Crippen LogP contribution in [0.15, 0.2) is 63.4 Å². The van der Waals surface area contributed by atoms with Crippen LogP contribution in [0.3, 0.4) is 0 Å². The normalized spacial score (nSPS) is 11.7. The summed E-state index contributed by atoms with van der Waals surface area (Å²) in [5, 5.41) is 10.6. The van der Waals surface area contributed by atoms with Crippen molar-refractivity contribution < 1.29 is 26.8 Å². The minimum absolute atomic E-state index is 0.0329. The molecule has 1 N–H and O–H groups in total. The summed E-state index contributed by atoms with van der Waals surface area (Å²) in [5.41, 5.74) is -0.489. The summed E-state index contributed by atoms with van der Waals surface area (Å²) in [5.74, 6) is -0.463. The Kier molecular flexibility index (Phi) is 3.91. The first-order chi connectivity index (χ1) is 12.9. The number of amides is 1. The Hall–Kier alpha value is -3.62. The Morgan fingerprint density at radius 3 is 2.56 bits per heavy atom. The summed E-state index contributed by atoms with van der Waals surface area (Å²) in [6, 6.07) is 12.7. The van der Waals surface area contributed by atoms with Gasteiger partial charge in [0.2, 0.25) is 0 Å². The van der Waals surface area contributed by atoms with E-state index in [1.165, 1.54) is 6.07 Å². The molecule has 0 aliphatic rings. The molecule has 0 saturated carbocycles. The summed E-state index contributed by atoms with van der Waals surface area (Å²) in [6.07, 6.45) is -4.55. The molecular weight excluding hydrogens is 363 g/mol. The van der Waals surface area contributed by atoms with Gasteiger partial charge < -0.3 is 8.83 Å². The second-order valence-corrected chi connectivity index (χ2v) is 5.59. The Balaban J connectivity index is 1.55. The number of aromatic nitrogens is 2. The third-order valence-electron chi connectivity index (χ3n) is 3.73. The van der Waals surface area contributed by atoms with Crippen LogP contribution in [0.5, 0.6) is 0 Å². The van der Waals surface area contributed by atoms with Crippen LogP contribution in [0.2, 0.25) is 0 Å². The first kappa shape index (κ1) is 16.8. The lowest BCUT2D eigenvalue weighted by molar-refractivity contribution is -0.137. The molecule has 0 aliphatic heterocycles. The van der Waals surface area contributed by atoms with Crippen molar-refractivity contribution in [3.05, 3.63) is 65.7 Å². The number of rotatable bonds is 3. The quantitative estimate of drug-likeness (QED) is 0.560. The van der Waals surface area contributed by atoms with E-state index >= 15 is 0 Å². The molecule has 4 aromatic rings. The molecule has 0 aliphatic carbocycles. The predicted molar refractivity (Wildman–Crippen MR) is 88.9 cm³/mol. The molecule has 1 amide bonds. The molecular formula is C18H10F3N3O3. The number of halogens is 3. The first-order valence-electron chi connectivity index (χ1n) is 7.71. The molecule has 2 aromatic carbocycles. The minimum atomic E-state index is -4.55. The lowest BCUT2D eigenvalue weighted by Crippen LogP contribution is -2.14. The van der Waals surface area contributed by atoms with Crippen LogP contribution < -0.4 is 5.32 Å². The highest BCUT2D eigenvalue weighted by atomic mass is 19.4. The zero-order valence-electron chi connectivity index (χ0n) is 13.4. The van der Waals surface area contributed by atoms with Crippen LogP contribution in [-0.4, -0.2) is 16.1 Å². The minimum Gasteiger partial charge on any atom is -0.451 e. The van der Waals surface area contributed by atoms with Gasteiger partial charge >= 0.3 is 12.2 Å². The van der Waals surface area contributed by atoms with Crippen molar-refractivity contribution in [1.82, 2.24) is 10.2 Å². The number of nitrogens with one attached hydrogen (secondary N) is 1. The maximum atomic E-state index is 12.8. The molecule has 6 nitrogen and oxygen atoms in total. The molecule has 2 aromatic heterocycles. The van der Waals surface area contributed by atoms with Crippen LogP contribution in [-0.2, 0) is 6.18 Å². The number of benzene rings is 2. The topological polar surface area (TPSA) is 81.2 Å². The number of hydrogen-bond donors (Lipinski definition) is 1. The van der Waals surface area contributed by atoms with Gasteiger partial charge in [-0.05, 0) is 30.3 Å².